The van der Waals surface area contributed by atoms with Crippen LogP contribution in [-0.4, -0.2) is 10.7 Å². The van der Waals surface area contributed by atoms with Crippen LogP contribution in [0.5, 0.6) is 0 Å². The van der Waals surface area contributed by atoms with Gasteiger partial charge in [0.1, 0.15) is 0 Å². The van der Waals surface area contributed by atoms with E-state index in [1.54, 1.807) is 6.20 Å². The van der Waals surface area contributed by atoms with Gasteiger partial charge >= 0.3 is 0 Å². The molecule has 108 valence electrons. The number of benzene rings is 2. The van der Waals surface area contributed by atoms with Crippen molar-refractivity contribution in [2.45, 2.75) is 32.9 Å². The van der Waals surface area contributed by atoms with Crippen molar-refractivity contribution in [3.63, 3.8) is 0 Å². The molecule has 1 heterocycles. The van der Waals surface area contributed by atoms with Gasteiger partial charge in [-0.15, -0.1) is 0 Å². The number of nitrogens with zero attached hydrogens (tertiary/aromatic N) is 1. The Balaban J connectivity index is 2.02. The summed E-state index contributed by atoms with van der Waals surface area (Å²) in [6.07, 6.45) is 1.80. The smallest absolute Gasteiger partial charge is 0.171 e. The SMILES string of the molecule is CC(C)(C)NCc1cnoc1-c1cccc2ccccc12. The quantitative estimate of drug-likeness (QED) is 0.773. The fraction of sp³-hybridized carbons (Fsp3) is 0.278. The lowest BCUT2D eigenvalue weighted by Crippen LogP contribution is -2.35. The van der Waals surface area contributed by atoms with Crippen LogP contribution in [0.3, 0.4) is 0 Å². The predicted molar refractivity (Wildman–Crippen MR) is 86.0 cm³/mol. The first kappa shape index (κ1) is 13.8. The molecule has 1 aromatic heterocycles. The van der Waals surface area contributed by atoms with Crippen molar-refractivity contribution in [2.75, 3.05) is 0 Å². The Morgan fingerprint density at radius 1 is 1.05 bits per heavy atom. The lowest BCUT2D eigenvalue weighted by molar-refractivity contribution is 0.418. The standard InChI is InChI=1S/C18H20N2O/c1-18(2,3)19-11-14-12-20-21-17(14)16-10-6-8-13-7-4-5-9-15(13)16/h4-10,12,19H,11H2,1-3H3. The van der Waals surface area contributed by atoms with Gasteiger partial charge in [0.2, 0.25) is 0 Å². The molecule has 0 unspecified atom stereocenters. The van der Waals surface area contributed by atoms with E-state index in [0.29, 0.717) is 0 Å². The van der Waals surface area contributed by atoms with E-state index in [1.165, 1.54) is 10.8 Å². The van der Waals surface area contributed by atoms with Gasteiger partial charge in [0.25, 0.3) is 0 Å². The van der Waals surface area contributed by atoms with E-state index < -0.39 is 0 Å². The molecule has 0 spiro atoms. The summed E-state index contributed by atoms with van der Waals surface area (Å²) in [6, 6.07) is 14.6. The van der Waals surface area contributed by atoms with Gasteiger partial charge in [-0.05, 0) is 31.5 Å². The molecule has 21 heavy (non-hydrogen) atoms. The Labute approximate surface area is 125 Å². The second kappa shape index (κ2) is 5.34. The summed E-state index contributed by atoms with van der Waals surface area (Å²) in [5.41, 5.74) is 2.24. The maximum absolute atomic E-state index is 5.53. The van der Waals surface area contributed by atoms with Gasteiger partial charge in [-0.25, -0.2) is 0 Å². The van der Waals surface area contributed by atoms with E-state index in [2.05, 4.69) is 73.7 Å². The highest BCUT2D eigenvalue weighted by molar-refractivity contribution is 5.95. The highest BCUT2D eigenvalue weighted by Gasteiger charge is 2.16. The fourth-order valence-corrected chi connectivity index (χ4v) is 2.39. The Hall–Kier alpha value is -2.13. The van der Waals surface area contributed by atoms with Gasteiger partial charge in [0.15, 0.2) is 5.76 Å². The maximum atomic E-state index is 5.53. The van der Waals surface area contributed by atoms with Gasteiger partial charge in [-0.1, -0.05) is 47.6 Å². The van der Waals surface area contributed by atoms with Crippen LogP contribution in [0.25, 0.3) is 22.1 Å². The molecule has 1 N–H and O–H groups in total. The Morgan fingerprint density at radius 2 is 1.81 bits per heavy atom. The van der Waals surface area contributed by atoms with Gasteiger partial charge in [0, 0.05) is 23.2 Å². The van der Waals surface area contributed by atoms with Crippen molar-refractivity contribution in [1.29, 1.82) is 0 Å². The number of aromatic nitrogens is 1. The summed E-state index contributed by atoms with van der Waals surface area (Å²) in [6.45, 7) is 7.19. The lowest BCUT2D eigenvalue weighted by Gasteiger charge is -2.20. The van der Waals surface area contributed by atoms with E-state index in [1.807, 2.05) is 0 Å². The summed E-state index contributed by atoms with van der Waals surface area (Å²) in [7, 11) is 0. The van der Waals surface area contributed by atoms with E-state index in [-0.39, 0.29) is 5.54 Å². The first-order valence-corrected chi connectivity index (χ1v) is 7.21. The second-order valence-electron chi connectivity index (χ2n) is 6.31. The van der Waals surface area contributed by atoms with Gasteiger partial charge in [-0.2, -0.15) is 0 Å². The highest BCUT2D eigenvalue weighted by Crippen LogP contribution is 2.31. The molecular weight excluding hydrogens is 260 g/mol. The van der Waals surface area contributed by atoms with E-state index in [0.717, 1.165) is 23.4 Å². The van der Waals surface area contributed by atoms with Crippen molar-refractivity contribution in [3.8, 4) is 11.3 Å². The van der Waals surface area contributed by atoms with Crippen molar-refractivity contribution in [2.24, 2.45) is 0 Å². The van der Waals surface area contributed by atoms with Crippen LogP contribution >= 0.6 is 0 Å². The molecule has 0 amide bonds. The fourth-order valence-electron chi connectivity index (χ4n) is 2.39. The molecule has 0 saturated heterocycles. The maximum Gasteiger partial charge on any atom is 0.171 e. The minimum atomic E-state index is 0.0628. The van der Waals surface area contributed by atoms with Crippen LogP contribution in [0.15, 0.2) is 53.2 Å². The Morgan fingerprint density at radius 3 is 2.62 bits per heavy atom. The van der Waals surface area contributed by atoms with Crippen LogP contribution in [-0.2, 0) is 6.54 Å². The van der Waals surface area contributed by atoms with Gasteiger partial charge < -0.3 is 9.84 Å². The summed E-state index contributed by atoms with van der Waals surface area (Å²) in [4.78, 5) is 0. The topological polar surface area (TPSA) is 38.1 Å². The first-order valence-electron chi connectivity index (χ1n) is 7.21. The van der Waals surface area contributed by atoms with Crippen LogP contribution in [0.4, 0.5) is 0 Å². The average Bonchev–Trinajstić information content (AvgIpc) is 2.92. The van der Waals surface area contributed by atoms with Crippen molar-refractivity contribution >= 4 is 10.8 Å². The molecule has 0 aliphatic rings. The van der Waals surface area contributed by atoms with Crippen molar-refractivity contribution < 1.29 is 4.52 Å². The highest BCUT2D eigenvalue weighted by atomic mass is 16.5. The minimum absolute atomic E-state index is 0.0628. The van der Waals surface area contributed by atoms with E-state index >= 15 is 0 Å². The Bertz CT molecular complexity index is 748. The van der Waals surface area contributed by atoms with Crippen LogP contribution in [0, 0.1) is 0 Å². The third-order valence-electron chi connectivity index (χ3n) is 3.49. The first-order chi connectivity index (χ1) is 10.0. The van der Waals surface area contributed by atoms with Crippen LogP contribution in [0.2, 0.25) is 0 Å². The Kier molecular flexibility index (Phi) is 3.52. The zero-order valence-corrected chi connectivity index (χ0v) is 12.7. The molecule has 0 saturated carbocycles. The third-order valence-corrected chi connectivity index (χ3v) is 3.49. The molecule has 2 aromatic carbocycles. The molecular formula is C18H20N2O. The molecule has 0 fully saturated rings. The van der Waals surface area contributed by atoms with Crippen LogP contribution in [0.1, 0.15) is 26.3 Å². The number of nitrogens with one attached hydrogen (secondary N) is 1. The summed E-state index contributed by atoms with van der Waals surface area (Å²) in [5, 5.41) is 9.87. The molecule has 0 aliphatic carbocycles. The minimum Gasteiger partial charge on any atom is -0.356 e. The molecule has 3 heteroatoms. The van der Waals surface area contributed by atoms with Crippen LogP contribution < -0.4 is 5.32 Å². The molecule has 0 atom stereocenters. The third kappa shape index (κ3) is 2.98. The van der Waals surface area contributed by atoms with E-state index in [9.17, 15) is 0 Å². The number of hydrogen-bond donors (Lipinski definition) is 1. The normalized spacial score (nSPS) is 12.0. The largest absolute Gasteiger partial charge is 0.356 e. The number of rotatable bonds is 3. The lowest BCUT2D eigenvalue weighted by atomic mass is 10.0. The predicted octanol–water partition coefficient (Wildman–Crippen LogP) is 4.38. The van der Waals surface area contributed by atoms with Gasteiger partial charge in [-0.3, -0.25) is 0 Å². The molecule has 0 bridgehead atoms. The summed E-state index contributed by atoms with van der Waals surface area (Å²) < 4.78 is 5.53. The number of hydrogen-bond acceptors (Lipinski definition) is 3. The number of fused-ring (bicyclic) bond motifs is 1. The molecule has 0 aliphatic heterocycles. The zero-order chi connectivity index (χ0) is 14.9. The monoisotopic (exact) mass is 280 g/mol. The molecule has 0 radical (unpaired) electrons. The molecule has 3 aromatic rings. The molecule has 3 rings (SSSR count). The van der Waals surface area contributed by atoms with E-state index in [4.69, 9.17) is 4.52 Å². The average molecular weight is 280 g/mol. The summed E-state index contributed by atoms with van der Waals surface area (Å²) in [5.74, 6) is 0.851. The van der Waals surface area contributed by atoms with Crippen molar-refractivity contribution in [1.82, 2.24) is 10.5 Å². The second-order valence-corrected chi connectivity index (χ2v) is 6.31. The zero-order valence-electron chi connectivity index (χ0n) is 12.7. The van der Waals surface area contributed by atoms with Gasteiger partial charge in [0.05, 0.1) is 6.20 Å². The summed E-state index contributed by atoms with van der Waals surface area (Å²) >= 11 is 0. The van der Waals surface area contributed by atoms with Crippen molar-refractivity contribution in [3.05, 3.63) is 54.2 Å². The molecule has 3 nitrogen and oxygen atoms in total.